The average molecular weight is 392 g/mol. The maximum atomic E-state index is 12.6. The number of amides is 1. The first-order valence-corrected chi connectivity index (χ1v) is 8.44. The minimum atomic E-state index is -4.90. The molecule has 0 saturated heterocycles. The van der Waals surface area contributed by atoms with Crippen molar-refractivity contribution in [1.29, 1.82) is 0 Å². The molecule has 0 aromatic heterocycles. The van der Waals surface area contributed by atoms with Gasteiger partial charge in [-0.25, -0.2) is 8.42 Å². The molecule has 1 amide bonds. The molecule has 2 atom stereocenters. The van der Waals surface area contributed by atoms with Crippen LogP contribution in [-0.4, -0.2) is 36.6 Å². The van der Waals surface area contributed by atoms with E-state index < -0.39 is 69.7 Å². The van der Waals surface area contributed by atoms with Crippen LogP contribution in [0.5, 0.6) is 0 Å². The molecule has 138 valence electrons. The lowest BCUT2D eigenvalue weighted by molar-refractivity contribution is -0.177. The first kappa shape index (κ1) is 22.3. The molecule has 4 nitrogen and oxygen atoms in total. The van der Waals surface area contributed by atoms with E-state index in [-0.39, 0.29) is 0 Å². The Hall–Kier alpha value is -0.710. The zero-order valence-corrected chi connectivity index (χ0v) is 13.5. The third-order valence-corrected chi connectivity index (χ3v) is 6.50. The molecule has 12 heteroatoms. The van der Waals surface area contributed by atoms with Crippen molar-refractivity contribution in [3.05, 3.63) is 0 Å². The van der Waals surface area contributed by atoms with E-state index in [4.69, 9.17) is 17.3 Å². The van der Waals surface area contributed by atoms with Crippen LogP contribution in [0, 0.1) is 5.92 Å². The Bertz CT molecular complexity index is 519. The number of hydrogen-bond acceptors (Lipinski definition) is 3. The monoisotopic (exact) mass is 391 g/mol. The Balaban J connectivity index is 5.31. The van der Waals surface area contributed by atoms with Gasteiger partial charge in [0.1, 0.15) is 0 Å². The van der Waals surface area contributed by atoms with Crippen LogP contribution in [-0.2, 0) is 14.6 Å². The fraction of sp³-hybridized carbons (Fsp3) is 0.909. The molecular formula is C11H16ClF6NO3S. The number of sulfone groups is 1. The number of rotatable bonds is 8. The molecule has 0 rings (SSSR count). The third kappa shape index (κ3) is 6.36. The SMILES string of the molecule is CCC(CCC(Cl)(C(N)=O)S(=O)(=O)CCC(F)(F)F)C(F)(F)F. The summed E-state index contributed by atoms with van der Waals surface area (Å²) in [6, 6.07) is 0. The highest BCUT2D eigenvalue weighted by molar-refractivity contribution is 7.95. The Kier molecular flexibility index (Phi) is 7.22. The van der Waals surface area contributed by atoms with Gasteiger partial charge in [-0.3, -0.25) is 4.79 Å². The number of carbonyl (C=O) groups excluding carboxylic acids is 1. The van der Waals surface area contributed by atoms with E-state index in [1.54, 1.807) is 0 Å². The van der Waals surface area contributed by atoms with Crippen LogP contribution in [0.25, 0.3) is 0 Å². The first-order valence-electron chi connectivity index (χ1n) is 6.41. The summed E-state index contributed by atoms with van der Waals surface area (Å²) in [6.45, 7) is 1.19. The van der Waals surface area contributed by atoms with Crippen LogP contribution in [0.1, 0.15) is 32.6 Å². The van der Waals surface area contributed by atoms with Crippen molar-refractivity contribution in [3.63, 3.8) is 0 Å². The predicted molar refractivity (Wildman–Crippen MR) is 71.3 cm³/mol. The van der Waals surface area contributed by atoms with Gasteiger partial charge in [-0.2, -0.15) is 26.3 Å². The van der Waals surface area contributed by atoms with Gasteiger partial charge in [-0.15, -0.1) is 0 Å². The summed E-state index contributed by atoms with van der Waals surface area (Å²) < 4.78 is 95.1. The highest BCUT2D eigenvalue weighted by atomic mass is 35.5. The van der Waals surface area contributed by atoms with Crippen LogP contribution >= 0.6 is 11.6 Å². The van der Waals surface area contributed by atoms with Crippen LogP contribution < -0.4 is 5.73 Å². The Morgan fingerprint density at radius 1 is 1.13 bits per heavy atom. The fourth-order valence-electron chi connectivity index (χ4n) is 1.80. The van der Waals surface area contributed by atoms with Gasteiger partial charge in [0, 0.05) is 0 Å². The molecule has 0 spiro atoms. The molecule has 0 aromatic carbocycles. The predicted octanol–water partition coefficient (Wildman–Crippen LogP) is 3.14. The molecule has 0 aliphatic rings. The van der Waals surface area contributed by atoms with Gasteiger partial charge in [0.25, 0.3) is 5.91 Å². The number of halogens is 7. The van der Waals surface area contributed by atoms with E-state index in [9.17, 15) is 39.6 Å². The number of primary amides is 1. The summed E-state index contributed by atoms with van der Waals surface area (Å²) in [4.78, 5) is 11.3. The standard InChI is InChI=1S/C11H16ClF6NO3S/c1-2-7(11(16,17)18)3-4-9(12,8(19)20)23(21,22)6-5-10(13,14)15/h7H,2-6H2,1H3,(H2,19,20). The molecular weight excluding hydrogens is 376 g/mol. The van der Waals surface area contributed by atoms with E-state index >= 15 is 0 Å². The van der Waals surface area contributed by atoms with E-state index in [2.05, 4.69) is 0 Å². The zero-order valence-electron chi connectivity index (χ0n) is 12.0. The second kappa shape index (κ2) is 7.45. The smallest absolute Gasteiger partial charge is 0.367 e. The molecule has 0 aromatic rings. The molecule has 0 saturated carbocycles. The molecule has 0 aliphatic carbocycles. The van der Waals surface area contributed by atoms with Crippen molar-refractivity contribution in [3.8, 4) is 0 Å². The van der Waals surface area contributed by atoms with Gasteiger partial charge in [0.2, 0.25) is 4.21 Å². The summed E-state index contributed by atoms with van der Waals surface area (Å²) in [6.07, 6.45) is -13.6. The van der Waals surface area contributed by atoms with Crippen molar-refractivity contribution >= 4 is 27.3 Å². The van der Waals surface area contributed by atoms with Crippen LogP contribution in [0.4, 0.5) is 26.3 Å². The minimum Gasteiger partial charge on any atom is -0.367 e. The molecule has 2 N–H and O–H groups in total. The van der Waals surface area contributed by atoms with Gasteiger partial charge < -0.3 is 5.73 Å². The van der Waals surface area contributed by atoms with Gasteiger partial charge in [-0.1, -0.05) is 18.5 Å². The van der Waals surface area contributed by atoms with E-state index in [0.717, 1.165) is 0 Å². The van der Waals surface area contributed by atoms with Crippen LogP contribution in [0.3, 0.4) is 0 Å². The highest BCUT2D eigenvalue weighted by Crippen LogP contribution is 2.38. The lowest BCUT2D eigenvalue weighted by atomic mass is 9.98. The number of nitrogens with two attached hydrogens (primary N) is 1. The first-order chi connectivity index (χ1) is 10.1. The summed E-state index contributed by atoms with van der Waals surface area (Å²) >= 11 is 5.55. The summed E-state index contributed by atoms with van der Waals surface area (Å²) in [5, 5.41) is 0. The molecule has 0 radical (unpaired) electrons. The summed E-state index contributed by atoms with van der Waals surface area (Å²) in [5.74, 6) is -5.18. The molecule has 23 heavy (non-hydrogen) atoms. The molecule has 2 unspecified atom stereocenters. The van der Waals surface area contributed by atoms with Crippen molar-refractivity contribution in [2.45, 2.75) is 49.2 Å². The van der Waals surface area contributed by atoms with Crippen LogP contribution in [0.15, 0.2) is 0 Å². The largest absolute Gasteiger partial charge is 0.391 e. The quantitative estimate of drug-likeness (QED) is 0.510. The fourth-order valence-corrected chi connectivity index (χ4v) is 3.70. The van der Waals surface area contributed by atoms with Gasteiger partial charge in [0.15, 0.2) is 9.84 Å². The van der Waals surface area contributed by atoms with Crippen molar-refractivity contribution in [1.82, 2.24) is 0 Å². The molecule has 0 bridgehead atoms. The minimum absolute atomic E-state index is 0.405. The summed E-state index contributed by atoms with van der Waals surface area (Å²) in [7, 11) is -4.90. The topological polar surface area (TPSA) is 77.2 Å². The van der Waals surface area contributed by atoms with Crippen molar-refractivity contribution < 1.29 is 39.6 Å². The molecule has 0 heterocycles. The van der Waals surface area contributed by atoms with Gasteiger partial charge in [0.05, 0.1) is 18.1 Å². The van der Waals surface area contributed by atoms with E-state index in [0.29, 0.717) is 0 Å². The number of carbonyl (C=O) groups is 1. The molecule has 0 fully saturated rings. The Morgan fingerprint density at radius 2 is 1.61 bits per heavy atom. The maximum Gasteiger partial charge on any atom is 0.391 e. The average Bonchev–Trinajstić information content (AvgIpc) is 2.34. The van der Waals surface area contributed by atoms with Crippen molar-refractivity contribution in [2.24, 2.45) is 11.7 Å². The lowest BCUT2D eigenvalue weighted by Crippen LogP contribution is -2.48. The van der Waals surface area contributed by atoms with Crippen molar-refractivity contribution in [2.75, 3.05) is 5.75 Å². The second-order valence-electron chi connectivity index (χ2n) is 4.96. The van der Waals surface area contributed by atoms with Gasteiger partial charge in [-0.05, 0) is 19.3 Å². The third-order valence-electron chi connectivity index (χ3n) is 3.29. The Morgan fingerprint density at radius 3 is 1.91 bits per heavy atom. The second-order valence-corrected chi connectivity index (χ2v) is 8.17. The Labute approximate surface area is 134 Å². The zero-order chi connectivity index (χ0) is 18.7. The normalized spacial score (nSPS) is 17.6. The molecule has 0 aliphatic heterocycles. The van der Waals surface area contributed by atoms with E-state index in [1.165, 1.54) is 6.92 Å². The highest BCUT2D eigenvalue weighted by Gasteiger charge is 2.50. The lowest BCUT2D eigenvalue weighted by Gasteiger charge is -2.26. The van der Waals surface area contributed by atoms with E-state index in [1.807, 2.05) is 0 Å². The number of hydrogen-bond donors (Lipinski definition) is 1. The maximum absolute atomic E-state index is 12.6. The van der Waals surface area contributed by atoms with Gasteiger partial charge >= 0.3 is 12.4 Å². The number of alkyl halides is 7. The van der Waals surface area contributed by atoms with Crippen LogP contribution in [0.2, 0.25) is 0 Å². The summed E-state index contributed by atoms with van der Waals surface area (Å²) in [5.41, 5.74) is 4.82.